The molecule has 1 aromatic carbocycles. The summed E-state index contributed by atoms with van der Waals surface area (Å²) >= 11 is 0. The Bertz CT molecular complexity index is 503. The Morgan fingerprint density at radius 2 is 0.818 bits per heavy atom. The predicted octanol–water partition coefficient (Wildman–Crippen LogP) is 2.29. The molecule has 4 N–H and O–H groups in total. The average molecular weight is 312 g/mol. The number of rotatable bonds is 5. The lowest BCUT2D eigenvalue weighted by Gasteiger charge is -2.06. The fourth-order valence-corrected chi connectivity index (χ4v) is 1.31. The van der Waals surface area contributed by atoms with Crippen molar-refractivity contribution in [1.29, 1.82) is 0 Å². The molecule has 0 amide bonds. The second kappa shape index (κ2) is 8.40. The fourth-order valence-electron chi connectivity index (χ4n) is 1.31. The number of carboxylic acid groups (broad SMARTS) is 4. The maximum Gasteiger partial charge on any atom is 0.336 e. The molecule has 0 aliphatic heterocycles. The van der Waals surface area contributed by atoms with Crippen LogP contribution in [0.25, 0.3) is 0 Å². The molecule has 120 valence electrons. The van der Waals surface area contributed by atoms with Crippen molar-refractivity contribution in [3.63, 3.8) is 0 Å². The van der Waals surface area contributed by atoms with Crippen molar-refractivity contribution in [3.05, 3.63) is 34.4 Å². The Labute approximate surface area is 125 Å². The third kappa shape index (κ3) is 4.89. The van der Waals surface area contributed by atoms with E-state index in [0.717, 1.165) is 0 Å². The van der Waals surface area contributed by atoms with Gasteiger partial charge in [-0.2, -0.15) is 0 Å². The lowest BCUT2D eigenvalue weighted by Crippen LogP contribution is -2.15. The zero-order valence-electron chi connectivity index (χ0n) is 12.0. The van der Waals surface area contributed by atoms with Crippen LogP contribution in [0, 0.1) is 0 Å². The Morgan fingerprint density at radius 3 is 0.909 bits per heavy atom. The van der Waals surface area contributed by atoms with E-state index in [0.29, 0.717) is 12.1 Å². The first-order valence-electron chi connectivity index (χ1n) is 6.28. The van der Waals surface area contributed by atoms with Crippen molar-refractivity contribution in [3.8, 4) is 0 Å². The van der Waals surface area contributed by atoms with Gasteiger partial charge in [-0.05, 0) is 12.1 Å². The molecule has 1 aromatic rings. The minimum absolute atomic E-state index is 0.511. The summed E-state index contributed by atoms with van der Waals surface area (Å²) in [5.41, 5.74) is -3.15. The van der Waals surface area contributed by atoms with Gasteiger partial charge in [0.05, 0.1) is 22.3 Å². The SMILES string of the molecule is CCCC.O=C(O)c1cc(C(=O)O)c(C(=O)O)cc1C(=O)O. The highest BCUT2D eigenvalue weighted by Crippen LogP contribution is 2.18. The van der Waals surface area contributed by atoms with E-state index < -0.39 is 46.1 Å². The molecule has 0 aliphatic carbocycles. The van der Waals surface area contributed by atoms with Crippen LogP contribution in [0.5, 0.6) is 0 Å². The topological polar surface area (TPSA) is 149 Å². The molecule has 0 aliphatic rings. The van der Waals surface area contributed by atoms with Gasteiger partial charge in [-0.1, -0.05) is 26.7 Å². The van der Waals surface area contributed by atoms with Gasteiger partial charge in [0.2, 0.25) is 0 Å². The van der Waals surface area contributed by atoms with Crippen LogP contribution in [0.1, 0.15) is 68.1 Å². The minimum Gasteiger partial charge on any atom is -0.478 e. The maximum absolute atomic E-state index is 10.8. The van der Waals surface area contributed by atoms with Crippen LogP contribution in [0.2, 0.25) is 0 Å². The summed E-state index contributed by atoms with van der Waals surface area (Å²) in [6.45, 7) is 4.36. The Kier molecular flexibility index (Phi) is 7.29. The standard InChI is InChI=1S/C10H6O8.C4H10/c11-7(12)3-1-4(8(13)14)6(10(17)18)2-5(3)9(15)16;1-3-4-2/h1-2H,(H,11,12)(H,13,14)(H,15,16)(H,17,18);3-4H2,1-2H3. The molecular formula is C14H16O8. The first-order valence-corrected chi connectivity index (χ1v) is 6.28. The number of unbranched alkanes of at least 4 members (excludes halogenated alkanes) is 1. The van der Waals surface area contributed by atoms with E-state index in [-0.39, 0.29) is 0 Å². The van der Waals surface area contributed by atoms with Crippen LogP contribution >= 0.6 is 0 Å². The summed E-state index contributed by atoms with van der Waals surface area (Å²) in [5.74, 6) is -6.64. The lowest BCUT2D eigenvalue weighted by molar-refractivity contribution is 0.0637. The third-order valence-corrected chi connectivity index (χ3v) is 2.58. The zero-order valence-corrected chi connectivity index (χ0v) is 12.0. The van der Waals surface area contributed by atoms with E-state index in [4.69, 9.17) is 20.4 Å². The largest absolute Gasteiger partial charge is 0.478 e. The second-order valence-electron chi connectivity index (χ2n) is 4.16. The Balaban J connectivity index is 0.000000980. The van der Waals surface area contributed by atoms with Crippen molar-refractivity contribution in [1.82, 2.24) is 0 Å². The molecule has 0 fully saturated rings. The molecule has 0 unspecified atom stereocenters. The molecule has 0 atom stereocenters. The first kappa shape index (κ1) is 19.1. The molecule has 0 radical (unpaired) electrons. The summed E-state index contributed by atoms with van der Waals surface area (Å²) in [6.07, 6.45) is 2.64. The van der Waals surface area contributed by atoms with Crippen LogP contribution in [-0.2, 0) is 0 Å². The summed E-state index contributed by atoms with van der Waals surface area (Å²) in [7, 11) is 0. The van der Waals surface area contributed by atoms with Gasteiger partial charge < -0.3 is 20.4 Å². The van der Waals surface area contributed by atoms with Gasteiger partial charge >= 0.3 is 23.9 Å². The van der Waals surface area contributed by atoms with Gasteiger partial charge in [0.15, 0.2) is 0 Å². The number of hydrogen-bond acceptors (Lipinski definition) is 4. The molecule has 1 rings (SSSR count). The minimum atomic E-state index is -1.66. The van der Waals surface area contributed by atoms with Crippen molar-refractivity contribution in [2.24, 2.45) is 0 Å². The van der Waals surface area contributed by atoms with Crippen LogP contribution in [-0.4, -0.2) is 44.3 Å². The zero-order chi connectivity index (χ0) is 17.4. The van der Waals surface area contributed by atoms with Crippen LogP contribution in [0.15, 0.2) is 12.1 Å². The molecule has 0 aromatic heterocycles. The van der Waals surface area contributed by atoms with E-state index in [1.54, 1.807) is 0 Å². The van der Waals surface area contributed by atoms with Crippen LogP contribution < -0.4 is 0 Å². The van der Waals surface area contributed by atoms with Crippen LogP contribution in [0.4, 0.5) is 0 Å². The number of hydrogen-bond donors (Lipinski definition) is 4. The Hall–Kier alpha value is -2.90. The normalized spacial score (nSPS) is 9.36. The molecule has 8 nitrogen and oxygen atoms in total. The summed E-state index contributed by atoms with van der Waals surface area (Å²) in [4.78, 5) is 43.1. The molecule has 22 heavy (non-hydrogen) atoms. The highest BCUT2D eigenvalue weighted by Gasteiger charge is 2.24. The summed E-state index contributed by atoms with van der Waals surface area (Å²) in [6, 6.07) is 1.02. The molecule has 0 bridgehead atoms. The van der Waals surface area contributed by atoms with Gasteiger partial charge in [-0.3, -0.25) is 0 Å². The Morgan fingerprint density at radius 1 is 0.636 bits per heavy atom. The number of aromatic carboxylic acids is 4. The summed E-state index contributed by atoms with van der Waals surface area (Å²) in [5, 5.41) is 35.0. The number of carboxylic acids is 4. The maximum atomic E-state index is 10.8. The fraction of sp³-hybridized carbons (Fsp3) is 0.286. The van der Waals surface area contributed by atoms with Crippen LogP contribution in [0.3, 0.4) is 0 Å². The average Bonchev–Trinajstić information content (AvgIpc) is 2.45. The van der Waals surface area contributed by atoms with Crippen molar-refractivity contribution in [2.45, 2.75) is 26.7 Å². The lowest BCUT2D eigenvalue weighted by atomic mass is 9.98. The summed E-state index contributed by atoms with van der Waals surface area (Å²) < 4.78 is 0. The highest BCUT2D eigenvalue weighted by atomic mass is 16.4. The molecule has 0 saturated carbocycles. The molecular weight excluding hydrogens is 296 g/mol. The second-order valence-corrected chi connectivity index (χ2v) is 4.16. The van der Waals surface area contributed by atoms with E-state index in [9.17, 15) is 19.2 Å². The number of benzene rings is 1. The quantitative estimate of drug-likeness (QED) is 0.646. The van der Waals surface area contributed by atoms with E-state index in [2.05, 4.69) is 13.8 Å². The number of carbonyl (C=O) groups is 4. The van der Waals surface area contributed by atoms with E-state index in [1.807, 2.05) is 0 Å². The van der Waals surface area contributed by atoms with E-state index >= 15 is 0 Å². The molecule has 0 saturated heterocycles. The van der Waals surface area contributed by atoms with Gasteiger partial charge in [-0.15, -0.1) is 0 Å². The van der Waals surface area contributed by atoms with Gasteiger partial charge in [0.25, 0.3) is 0 Å². The van der Waals surface area contributed by atoms with E-state index in [1.165, 1.54) is 12.8 Å². The molecule has 8 heteroatoms. The smallest absolute Gasteiger partial charge is 0.336 e. The first-order chi connectivity index (χ1) is 10.2. The van der Waals surface area contributed by atoms with Gasteiger partial charge in [0.1, 0.15) is 0 Å². The van der Waals surface area contributed by atoms with Crippen molar-refractivity contribution >= 4 is 23.9 Å². The van der Waals surface area contributed by atoms with Crippen molar-refractivity contribution in [2.75, 3.05) is 0 Å². The molecule has 0 spiro atoms. The monoisotopic (exact) mass is 312 g/mol. The van der Waals surface area contributed by atoms with Crippen molar-refractivity contribution < 1.29 is 39.6 Å². The molecule has 0 heterocycles. The predicted molar refractivity (Wildman–Crippen MR) is 74.9 cm³/mol. The third-order valence-electron chi connectivity index (χ3n) is 2.58. The van der Waals surface area contributed by atoms with Gasteiger partial charge in [0, 0.05) is 0 Å². The van der Waals surface area contributed by atoms with Gasteiger partial charge in [-0.25, -0.2) is 19.2 Å². The highest BCUT2D eigenvalue weighted by molar-refractivity contribution is 6.09.